The average Bonchev–Trinajstić information content (AvgIpc) is 2.31. The molecule has 1 atom stereocenters. The Morgan fingerprint density at radius 1 is 1.58 bits per heavy atom. The van der Waals surface area contributed by atoms with E-state index < -0.39 is 0 Å². The van der Waals surface area contributed by atoms with Crippen molar-refractivity contribution in [3.8, 4) is 0 Å². The van der Waals surface area contributed by atoms with Gasteiger partial charge in [-0.1, -0.05) is 5.16 Å². The first-order valence-electron chi connectivity index (χ1n) is 4.12. The summed E-state index contributed by atoms with van der Waals surface area (Å²) < 4.78 is 5.65. The van der Waals surface area contributed by atoms with Crippen LogP contribution in [0.3, 0.4) is 0 Å². The molecule has 1 fully saturated rings. The van der Waals surface area contributed by atoms with Gasteiger partial charge in [-0.05, 0) is 20.8 Å². The van der Waals surface area contributed by atoms with Gasteiger partial charge in [0.1, 0.15) is 11.8 Å². The van der Waals surface area contributed by atoms with Gasteiger partial charge in [0, 0.05) is 13.1 Å². The molecule has 0 aromatic heterocycles. The topological polar surface area (TPSA) is 53.8 Å². The number of nitrogens with one attached hydrogen (secondary N) is 1. The molecule has 0 aromatic rings. The molecule has 0 spiro atoms. The monoisotopic (exact) mass is 172 g/mol. The van der Waals surface area contributed by atoms with Crippen LogP contribution in [0.5, 0.6) is 0 Å². The summed E-state index contributed by atoms with van der Waals surface area (Å²) in [6, 6.07) is 0. The Labute approximate surface area is 72.6 Å². The number of hydrogen-bond acceptors (Lipinski definition) is 4. The van der Waals surface area contributed by atoms with Crippen molar-refractivity contribution in [3.05, 3.63) is 0 Å². The molecule has 0 aromatic carbocycles. The number of nitrogens with zero attached hydrogens (tertiary/aromatic N) is 1. The van der Waals surface area contributed by atoms with Crippen LogP contribution in [0.1, 0.15) is 20.8 Å². The summed E-state index contributed by atoms with van der Waals surface area (Å²) in [4.78, 5) is 0. The van der Waals surface area contributed by atoms with Gasteiger partial charge < -0.3 is 15.3 Å². The second-order valence-electron chi connectivity index (χ2n) is 3.94. The number of oxime groups is 1. The largest absolute Gasteiger partial charge is 0.411 e. The fraction of sp³-hybridized carbons (Fsp3) is 0.875. The van der Waals surface area contributed by atoms with E-state index in [-0.39, 0.29) is 11.7 Å². The van der Waals surface area contributed by atoms with Crippen LogP contribution in [0.2, 0.25) is 0 Å². The van der Waals surface area contributed by atoms with Crippen LogP contribution in [0.4, 0.5) is 0 Å². The highest BCUT2D eigenvalue weighted by Crippen LogP contribution is 2.13. The molecule has 0 radical (unpaired) electrons. The minimum absolute atomic E-state index is 0.0741. The molecule has 0 amide bonds. The minimum atomic E-state index is -0.188. The Bertz CT molecular complexity index is 184. The molecular formula is C8H16N2O2. The molecular weight excluding hydrogens is 156 g/mol. The molecule has 12 heavy (non-hydrogen) atoms. The second kappa shape index (κ2) is 3.41. The van der Waals surface area contributed by atoms with E-state index in [1.165, 1.54) is 0 Å². The van der Waals surface area contributed by atoms with Gasteiger partial charge in [0.15, 0.2) is 0 Å². The van der Waals surface area contributed by atoms with Crippen LogP contribution in [0.25, 0.3) is 0 Å². The summed E-state index contributed by atoms with van der Waals surface area (Å²) in [5.74, 6) is 0. The summed E-state index contributed by atoms with van der Waals surface area (Å²) in [6.45, 7) is 7.31. The van der Waals surface area contributed by atoms with Crippen LogP contribution in [0.15, 0.2) is 5.16 Å². The Morgan fingerprint density at radius 2 is 2.25 bits per heavy atom. The maximum absolute atomic E-state index is 8.60. The summed E-state index contributed by atoms with van der Waals surface area (Å²) in [7, 11) is 0. The number of ether oxygens (including phenoxy) is 1. The highest BCUT2D eigenvalue weighted by molar-refractivity contribution is 5.92. The van der Waals surface area contributed by atoms with Crippen LogP contribution < -0.4 is 5.32 Å². The van der Waals surface area contributed by atoms with Crippen LogP contribution in [-0.2, 0) is 4.74 Å². The molecule has 0 bridgehead atoms. The van der Waals surface area contributed by atoms with Gasteiger partial charge in [0.05, 0.1) is 5.60 Å². The van der Waals surface area contributed by atoms with E-state index in [1.807, 2.05) is 20.8 Å². The van der Waals surface area contributed by atoms with Gasteiger partial charge in [0.2, 0.25) is 0 Å². The Kier molecular flexibility index (Phi) is 2.69. The lowest BCUT2D eigenvalue weighted by molar-refractivity contribution is -0.0244. The van der Waals surface area contributed by atoms with E-state index in [9.17, 15) is 0 Å². The smallest absolute Gasteiger partial charge is 0.113 e. The lowest BCUT2D eigenvalue weighted by Gasteiger charge is -2.24. The predicted octanol–water partition coefficient (Wildman–Crippen LogP) is 0.604. The van der Waals surface area contributed by atoms with Crippen molar-refractivity contribution in [1.29, 1.82) is 0 Å². The summed E-state index contributed by atoms with van der Waals surface area (Å²) in [5, 5.41) is 14.9. The maximum Gasteiger partial charge on any atom is 0.113 e. The van der Waals surface area contributed by atoms with Crippen molar-refractivity contribution < 1.29 is 9.94 Å². The Balaban J connectivity index is 2.52. The summed E-state index contributed by atoms with van der Waals surface area (Å²) in [6.07, 6.45) is -0.0741. The van der Waals surface area contributed by atoms with E-state index in [0.29, 0.717) is 12.3 Å². The molecule has 4 heteroatoms. The van der Waals surface area contributed by atoms with Crippen molar-refractivity contribution in [2.75, 3.05) is 13.1 Å². The zero-order chi connectivity index (χ0) is 9.19. The van der Waals surface area contributed by atoms with Crippen LogP contribution in [-0.4, -0.2) is 35.7 Å². The molecule has 2 N–H and O–H groups in total. The summed E-state index contributed by atoms with van der Waals surface area (Å²) in [5.41, 5.74) is 0.497. The molecule has 1 unspecified atom stereocenters. The molecule has 1 rings (SSSR count). The zero-order valence-corrected chi connectivity index (χ0v) is 7.79. The van der Waals surface area contributed by atoms with Crippen molar-refractivity contribution in [2.24, 2.45) is 5.16 Å². The van der Waals surface area contributed by atoms with Crippen molar-refractivity contribution in [2.45, 2.75) is 32.5 Å². The fourth-order valence-corrected chi connectivity index (χ4v) is 1.20. The lowest BCUT2D eigenvalue weighted by atomic mass is 10.1. The van der Waals surface area contributed by atoms with E-state index >= 15 is 0 Å². The normalized spacial score (nSPS) is 28.2. The Hall–Kier alpha value is -0.610. The Morgan fingerprint density at radius 3 is 2.75 bits per heavy atom. The number of hydrogen-bond donors (Lipinski definition) is 2. The number of rotatable bonds is 1. The predicted molar refractivity (Wildman–Crippen MR) is 46.7 cm³/mol. The van der Waals surface area contributed by atoms with Crippen molar-refractivity contribution >= 4 is 5.71 Å². The maximum atomic E-state index is 8.60. The molecule has 4 nitrogen and oxygen atoms in total. The quantitative estimate of drug-likeness (QED) is 0.450. The zero-order valence-electron chi connectivity index (χ0n) is 7.79. The SMILES string of the molecule is CC(C)(C)OC1CNC/C1=N/O. The minimum Gasteiger partial charge on any atom is -0.411 e. The van der Waals surface area contributed by atoms with Crippen LogP contribution >= 0.6 is 0 Å². The molecule has 1 saturated heterocycles. The van der Waals surface area contributed by atoms with Crippen molar-refractivity contribution in [1.82, 2.24) is 5.32 Å². The van der Waals surface area contributed by atoms with Gasteiger partial charge in [0.25, 0.3) is 0 Å². The van der Waals surface area contributed by atoms with E-state index in [4.69, 9.17) is 9.94 Å². The van der Waals surface area contributed by atoms with Gasteiger partial charge in [-0.3, -0.25) is 0 Å². The first-order valence-corrected chi connectivity index (χ1v) is 4.12. The van der Waals surface area contributed by atoms with E-state index in [0.717, 1.165) is 6.54 Å². The van der Waals surface area contributed by atoms with Crippen molar-refractivity contribution in [3.63, 3.8) is 0 Å². The van der Waals surface area contributed by atoms with Crippen LogP contribution in [0, 0.1) is 0 Å². The van der Waals surface area contributed by atoms with E-state index in [2.05, 4.69) is 10.5 Å². The molecule has 1 heterocycles. The van der Waals surface area contributed by atoms with Gasteiger partial charge >= 0.3 is 0 Å². The average molecular weight is 172 g/mol. The third-order valence-corrected chi connectivity index (χ3v) is 1.63. The molecule has 1 aliphatic heterocycles. The highest BCUT2D eigenvalue weighted by Gasteiger charge is 2.27. The molecule has 0 aliphatic carbocycles. The first-order chi connectivity index (χ1) is 5.53. The standard InChI is InChI=1S/C8H16N2O2/c1-8(2,3)12-7-5-9-4-6(7)10-11/h7,9,11H,4-5H2,1-3H3/b10-6-. The molecule has 0 saturated carbocycles. The van der Waals surface area contributed by atoms with Gasteiger partial charge in [-0.2, -0.15) is 0 Å². The molecule has 1 aliphatic rings. The third kappa shape index (κ3) is 2.46. The first kappa shape index (κ1) is 9.48. The third-order valence-electron chi connectivity index (χ3n) is 1.63. The summed E-state index contributed by atoms with van der Waals surface area (Å²) >= 11 is 0. The van der Waals surface area contributed by atoms with Gasteiger partial charge in [-0.15, -0.1) is 0 Å². The molecule has 70 valence electrons. The highest BCUT2D eigenvalue weighted by atomic mass is 16.5. The second-order valence-corrected chi connectivity index (χ2v) is 3.94. The lowest BCUT2D eigenvalue weighted by Crippen LogP contribution is -2.32. The van der Waals surface area contributed by atoms with Gasteiger partial charge in [-0.25, -0.2) is 0 Å². The fourth-order valence-electron chi connectivity index (χ4n) is 1.20. The van der Waals surface area contributed by atoms with E-state index in [1.54, 1.807) is 0 Å².